The number of morpholine rings is 2. The standard InChI is InChI=1S/C33H42N8O6S2/c1-44-28-21-26-27(22-29(28)47-16-2-7-38-12-17-45-18-13-38)37-31-30(26)32(35-23-34-31)39-8-10-40(11-9-39)33(48)36-24-3-5-25(6-4-24)49(42,43)41-14-19-46-20-15-41/h3-6,21-23H,2,7-20H2,1H3,(H,36,48)(H,34,35,37)/p+1. The molecule has 2 aromatic heterocycles. The van der Waals surface area contributed by atoms with E-state index in [9.17, 15) is 8.42 Å². The van der Waals surface area contributed by atoms with Gasteiger partial charge in [-0.25, -0.2) is 13.4 Å². The molecule has 16 heteroatoms. The van der Waals surface area contributed by atoms with Crippen molar-refractivity contribution in [3.8, 4) is 11.5 Å². The number of rotatable bonds is 10. The predicted molar refractivity (Wildman–Crippen MR) is 190 cm³/mol. The molecule has 7 rings (SSSR count). The fourth-order valence-electron chi connectivity index (χ4n) is 6.55. The average molecular weight is 712 g/mol. The zero-order valence-corrected chi connectivity index (χ0v) is 29.3. The number of aromatic nitrogens is 3. The molecule has 3 N–H and O–H groups in total. The number of nitrogens with zero attached hydrogens (tertiary/aromatic N) is 5. The lowest BCUT2D eigenvalue weighted by atomic mass is 10.1. The molecule has 5 heterocycles. The van der Waals surface area contributed by atoms with E-state index in [1.165, 1.54) is 4.31 Å². The third-order valence-corrected chi connectivity index (χ3v) is 11.5. The van der Waals surface area contributed by atoms with E-state index in [4.69, 9.17) is 31.2 Å². The van der Waals surface area contributed by atoms with E-state index < -0.39 is 10.0 Å². The Morgan fingerprint density at radius 3 is 2.41 bits per heavy atom. The molecule has 0 radical (unpaired) electrons. The van der Waals surface area contributed by atoms with Crippen LogP contribution in [0.4, 0.5) is 11.5 Å². The van der Waals surface area contributed by atoms with Crippen molar-refractivity contribution in [3.05, 3.63) is 42.7 Å². The fourth-order valence-corrected chi connectivity index (χ4v) is 8.26. The molecule has 3 fully saturated rings. The number of sulfonamides is 1. The predicted octanol–water partition coefficient (Wildman–Crippen LogP) is 2.18. The van der Waals surface area contributed by atoms with E-state index in [0.29, 0.717) is 62.6 Å². The van der Waals surface area contributed by atoms with Gasteiger partial charge in [0.15, 0.2) is 16.6 Å². The molecule has 49 heavy (non-hydrogen) atoms. The van der Waals surface area contributed by atoms with Crippen molar-refractivity contribution in [1.82, 2.24) is 24.1 Å². The summed E-state index contributed by atoms with van der Waals surface area (Å²) in [5, 5.41) is 5.88. The second kappa shape index (κ2) is 15.0. The number of ether oxygens (including phenoxy) is 4. The summed E-state index contributed by atoms with van der Waals surface area (Å²) in [5.74, 6) is 2.37. The van der Waals surface area contributed by atoms with Crippen molar-refractivity contribution in [2.24, 2.45) is 0 Å². The number of benzene rings is 2. The maximum atomic E-state index is 13.0. The SMILES string of the molecule is COc1cc2c(cc1OCCCN1CCOCC1)[nH]c1nc[nH+]c(N3CCN(C(=S)Nc4ccc(S(=O)(=O)N5CCOCC5)cc4)CC3)c12. The first kappa shape index (κ1) is 33.7. The van der Waals surface area contributed by atoms with Gasteiger partial charge in [0.05, 0.1) is 76.7 Å². The normalized spacial score (nSPS) is 18.2. The number of thiocarbonyl (C=S) groups is 1. The van der Waals surface area contributed by atoms with Crippen molar-refractivity contribution in [3.63, 3.8) is 0 Å². The van der Waals surface area contributed by atoms with Gasteiger partial charge in [-0.2, -0.15) is 4.31 Å². The van der Waals surface area contributed by atoms with Crippen LogP contribution < -0.4 is 24.7 Å². The number of H-pyrrole nitrogens is 2. The molecule has 3 aliphatic heterocycles. The molecular weight excluding hydrogens is 669 g/mol. The molecule has 262 valence electrons. The average Bonchev–Trinajstić information content (AvgIpc) is 3.51. The van der Waals surface area contributed by atoms with E-state index in [1.54, 1.807) is 37.7 Å². The molecule has 0 saturated carbocycles. The Kier molecular flexibility index (Phi) is 10.3. The van der Waals surface area contributed by atoms with Gasteiger partial charge in [-0.1, -0.05) is 4.98 Å². The summed E-state index contributed by atoms with van der Waals surface area (Å²) in [4.78, 5) is 18.6. The van der Waals surface area contributed by atoms with Crippen LogP contribution >= 0.6 is 12.2 Å². The Bertz CT molecular complexity index is 1870. The first-order chi connectivity index (χ1) is 23.9. The highest BCUT2D eigenvalue weighted by atomic mass is 32.2. The number of fused-ring (bicyclic) bond motifs is 3. The summed E-state index contributed by atoms with van der Waals surface area (Å²) in [6, 6.07) is 10.8. The zero-order chi connectivity index (χ0) is 33.8. The molecular formula is C33H43N8O6S2+. The van der Waals surface area contributed by atoms with Gasteiger partial charge in [-0.15, -0.1) is 0 Å². The maximum absolute atomic E-state index is 13.0. The van der Waals surface area contributed by atoms with Crippen LogP contribution in [-0.4, -0.2) is 137 Å². The lowest BCUT2D eigenvalue weighted by Crippen LogP contribution is -2.51. The summed E-state index contributed by atoms with van der Waals surface area (Å²) in [6.07, 6.45) is 2.64. The molecule has 0 atom stereocenters. The number of hydrogen-bond donors (Lipinski definition) is 2. The Labute approximate surface area is 291 Å². The molecule has 0 aliphatic carbocycles. The molecule has 0 bridgehead atoms. The minimum Gasteiger partial charge on any atom is -0.493 e. The lowest BCUT2D eigenvalue weighted by molar-refractivity contribution is -0.367. The van der Waals surface area contributed by atoms with Crippen molar-refractivity contribution >= 4 is 60.8 Å². The Hall–Kier alpha value is -3.80. The highest BCUT2D eigenvalue weighted by molar-refractivity contribution is 7.89. The van der Waals surface area contributed by atoms with Crippen LogP contribution in [0.25, 0.3) is 21.9 Å². The first-order valence-electron chi connectivity index (χ1n) is 16.7. The van der Waals surface area contributed by atoms with Crippen LogP contribution in [0, 0.1) is 0 Å². The third kappa shape index (κ3) is 7.39. The molecule has 14 nitrogen and oxygen atoms in total. The zero-order valence-electron chi connectivity index (χ0n) is 27.7. The van der Waals surface area contributed by atoms with Crippen molar-refractivity contribution < 1.29 is 32.3 Å². The number of hydrogen-bond acceptors (Lipinski definition) is 10. The molecule has 3 saturated heterocycles. The highest BCUT2D eigenvalue weighted by Crippen LogP contribution is 2.38. The topological polar surface area (TPSA) is 139 Å². The van der Waals surface area contributed by atoms with Gasteiger partial charge in [0.1, 0.15) is 5.39 Å². The second-order valence-corrected chi connectivity index (χ2v) is 14.6. The van der Waals surface area contributed by atoms with Gasteiger partial charge in [0.25, 0.3) is 0 Å². The second-order valence-electron chi connectivity index (χ2n) is 12.2. The molecule has 4 aromatic rings. The minimum atomic E-state index is -3.55. The van der Waals surface area contributed by atoms with Crippen molar-refractivity contribution in [1.29, 1.82) is 0 Å². The Morgan fingerprint density at radius 2 is 1.69 bits per heavy atom. The summed E-state index contributed by atoms with van der Waals surface area (Å²) < 4.78 is 50.1. The van der Waals surface area contributed by atoms with Crippen LogP contribution in [0.1, 0.15) is 6.42 Å². The molecule has 0 amide bonds. The van der Waals surface area contributed by atoms with Crippen molar-refractivity contribution in [2.45, 2.75) is 11.3 Å². The molecule has 3 aliphatic rings. The van der Waals surface area contributed by atoms with Gasteiger partial charge >= 0.3 is 0 Å². The van der Waals surface area contributed by atoms with Crippen LogP contribution in [0.2, 0.25) is 0 Å². The Balaban J connectivity index is 0.985. The quantitative estimate of drug-likeness (QED) is 0.184. The van der Waals surface area contributed by atoms with E-state index in [2.05, 4.69) is 35.0 Å². The van der Waals surface area contributed by atoms with Gasteiger partial charge in [0.2, 0.25) is 27.8 Å². The maximum Gasteiger partial charge on any atom is 0.243 e. The van der Waals surface area contributed by atoms with Gasteiger partial charge in [-0.05, 0) is 49.0 Å². The summed E-state index contributed by atoms with van der Waals surface area (Å²) in [7, 11) is -1.88. The number of anilines is 2. The molecule has 0 spiro atoms. The summed E-state index contributed by atoms with van der Waals surface area (Å²) >= 11 is 5.76. The monoisotopic (exact) mass is 711 g/mol. The lowest BCUT2D eigenvalue weighted by Gasteiger charge is -2.34. The number of aromatic amines is 2. The van der Waals surface area contributed by atoms with Crippen LogP contribution in [0.15, 0.2) is 47.6 Å². The molecule has 2 aromatic carbocycles. The smallest absolute Gasteiger partial charge is 0.243 e. The van der Waals surface area contributed by atoms with Crippen LogP contribution in [0.5, 0.6) is 11.5 Å². The van der Waals surface area contributed by atoms with Gasteiger partial charge in [0, 0.05) is 49.9 Å². The van der Waals surface area contributed by atoms with Gasteiger partial charge < -0.3 is 34.1 Å². The van der Waals surface area contributed by atoms with E-state index >= 15 is 0 Å². The number of nitrogens with one attached hydrogen (secondary N) is 3. The number of methoxy groups -OCH3 is 1. The minimum absolute atomic E-state index is 0.262. The fraction of sp³-hybridized carbons (Fsp3) is 0.485. The third-order valence-electron chi connectivity index (χ3n) is 9.27. The van der Waals surface area contributed by atoms with E-state index in [-0.39, 0.29) is 4.90 Å². The van der Waals surface area contributed by atoms with Crippen molar-refractivity contribution in [2.75, 3.05) is 109 Å². The van der Waals surface area contributed by atoms with Crippen LogP contribution in [-0.2, 0) is 19.5 Å². The highest BCUT2D eigenvalue weighted by Gasteiger charge is 2.29. The largest absolute Gasteiger partial charge is 0.493 e. The van der Waals surface area contributed by atoms with E-state index in [0.717, 1.165) is 85.8 Å². The number of piperazine rings is 1. The first-order valence-corrected chi connectivity index (χ1v) is 18.6. The van der Waals surface area contributed by atoms with Crippen LogP contribution in [0.3, 0.4) is 0 Å². The van der Waals surface area contributed by atoms with Gasteiger partial charge in [-0.3, -0.25) is 9.80 Å². The van der Waals surface area contributed by atoms with E-state index in [1.807, 2.05) is 12.1 Å². The Morgan fingerprint density at radius 1 is 0.980 bits per heavy atom. The molecule has 0 unspecified atom stereocenters. The summed E-state index contributed by atoms with van der Waals surface area (Å²) in [5.41, 5.74) is 2.46. The summed E-state index contributed by atoms with van der Waals surface area (Å²) in [6.45, 7) is 9.54.